The molecule has 1 unspecified atom stereocenters. The average Bonchev–Trinajstić information content (AvgIpc) is 2.32. The van der Waals surface area contributed by atoms with Crippen LogP contribution in [0.1, 0.15) is 6.92 Å². The summed E-state index contributed by atoms with van der Waals surface area (Å²) in [7, 11) is 0. The van der Waals surface area contributed by atoms with Gasteiger partial charge in [-0.2, -0.15) is 0 Å². The second kappa shape index (κ2) is 3.34. The molecule has 0 aromatic rings. The third kappa shape index (κ3) is 1.56. The number of nitrogens with one attached hydrogen (secondary N) is 1. The first-order valence-corrected chi connectivity index (χ1v) is 3.55. The second-order valence-electron chi connectivity index (χ2n) is 2.56. The van der Waals surface area contributed by atoms with Gasteiger partial charge in [-0.1, -0.05) is 0 Å². The van der Waals surface area contributed by atoms with Gasteiger partial charge in [0.05, 0.1) is 6.54 Å². The van der Waals surface area contributed by atoms with Gasteiger partial charge in [0, 0.05) is 0 Å². The predicted octanol–water partition coefficient (Wildman–Crippen LogP) is -1.39. The van der Waals surface area contributed by atoms with Crippen molar-refractivity contribution in [1.29, 1.82) is 0 Å². The maximum Gasteiger partial charge on any atom is 0.325 e. The number of rotatable bonds is 3. The summed E-state index contributed by atoms with van der Waals surface area (Å²) in [6.07, 6.45) is 1.41. The Morgan fingerprint density at radius 2 is 2.23 bits per heavy atom. The van der Waals surface area contributed by atoms with E-state index in [-0.39, 0.29) is 0 Å². The van der Waals surface area contributed by atoms with Crippen molar-refractivity contribution < 1.29 is 19.2 Å². The normalized spacial score (nSPS) is 21.6. The van der Waals surface area contributed by atoms with E-state index in [1.165, 1.54) is 13.2 Å². The van der Waals surface area contributed by atoms with Crippen LogP contribution < -0.4 is 5.32 Å². The van der Waals surface area contributed by atoms with Gasteiger partial charge >= 0.3 is 6.03 Å². The van der Waals surface area contributed by atoms with Crippen LogP contribution >= 0.6 is 0 Å². The standard InChI is InChI=1S/C7H7N2O4/c1-4(11)5-6(12)9(2-3-10)7(13)8-5/h5H,2H2,1H3,(H,8,13). The van der Waals surface area contributed by atoms with Crippen LogP contribution in [0.4, 0.5) is 4.79 Å². The highest BCUT2D eigenvalue weighted by Crippen LogP contribution is 2.05. The Morgan fingerprint density at radius 3 is 2.62 bits per heavy atom. The minimum atomic E-state index is -1.14. The average molecular weight is 183 g/mol. The number of ketones is 1. The van der Waals surface area contributed by atoms with Crippen LogP contribution in [0.2, 0.25) is 0 Å². The fourth-order valence-corrected chi connectivity index (χ4v) is 1.01. The third-order valence-electron chi connectivity index (χ3n) is 1.66. The van der Waals surface area contributed by atoms with Crippen molar-refractivity contribution in [2.24, 2.45) is 0 Å². The van der Waals surface area contributed by atoms with Gasteiger partial charge in [0.1, 0.15) is 0 Å². The predicted molar refractivity (Wildman–Crippen MR) is 40.4 cm³/mol. The molecule has 0 saturated carbocycles. The summed E-state index contributed by atoms with van der Waals surface area (Å²) in [6.45, 7) is 0.755. The first kappa shape index (κ1) is 9.37. The molecule has 1 rings (SSSR count). The van der Waals surface area contributed by atoms with Gasteiger partial charge in [-0.25, -0.2) is 4.79 Å². The van der Waals surface area contributed by atoms with Gasteiger partial charge in [-0.3, -0.25) is 19.3 Å². The van der Waals surface area contributed by atoms with E-state index in [2.05, 4.69) is 5.32 Å². The second-order valence-corrected chi connectivity index (χ2v) is 2.56. The highest BCUT2D eigenvalue weighted by atomic mass is 16.2. The van der Waals surface area contributed by atoms with Crippen LogP contribution in [0.5, 0.6) is 0 Å². The summed E-state index contributed by atoms with van der Waals surface area (Å²) in [6, 6.07) is -1.87. The first-order chi connectivity index (χ1) is 6.07. The number of imide groups is 1. The minimum Gasteiger partial charge on any atom is -0.319 e. The fourth-order valence-electron chi connectivity index (χ4n) is 1.01. The lowest BCUT2D eigenvalue weighted by Crippen LogP contribution is -2.36. The van der Waals surface area contributed by atoms with E-state index in [9.17, 15) is 19.2 Å². The van der Waals surface area contributed by atoms with E-state index in [1.54, 1.807) is 0 Å². The van der Waals surface area contributed by atoms with Crippen LogP contribution in [0.15, 0.2) is 0 Å². The largest absolute Gasteiger partial charge is 0.325 e. The molecule has 0 spiro atoms. The van der Waals surface area contributed by atoms with Crippen LogP contribution in [-0.2, 0) is 14.4 Å². The summed E-state index contributed by atoms with van der Waals surface area (Å²) >= 11 is 0. The molecule has 3 amide bonds. The molecule has 0 aliphatic carbocycles. The number of hydrogen-bond acceptors (Lipinski definition) is 4. The molecule has 69 valence electrons. The van der Waals surface area contributed by atoms with E-state index in [0.717, 1.165) is 0 Å². The molecule has 1 atom stereocenters. The monoisotopic (exact) mass is 183 g/mol. The number of carbonyl (C=O) groups excluding carboxylic acids is 4. The van der Waals surface area contributed by atoms with E-state index in [1.807, 2.05) is 0 Å². The molecule has 1 heterocycles. The van der Waals surface area contributed by atoms with E-state index >= 15 is 0 Å². The number of nitrogens with zero attached hydrogens (tertiary/aromatic N) is 1. The molecular formula is C7H7N2O4. The van der Waals surface area contributed by atoms with Crippen molar-refractivity contribution >= 4 is 24.0 Å². The van der Waals surface area contributed by atoms with Crippen LogP contribution in [0.3, 0.4) is 0 Å². The molecule has 6 heteroatoms. The Hall–Kier alpha value is -1.72. The zero-order valence-electron chi connectivity index (χ0n) is 6.86. The molecular weight excluding hydrogens is 176 g/mol. The Balaban J connectivity index is 2.81. The van der Waals surface area contributed by atoms with Crippen molar-refractivity contribution in [3.05, 3.63) is 0 Å². The molecule has 1 N–H and O–H groups in total. The van der Waals surface area contributed by atoms with Crippen LogP contribution in [-0.4, -0.2) is 41.5 Å². The molecule has 0 aromatic heterocycles. The lowest BCUT2D eigenvalue weighted by molar-refractivity contribution is -0.131. The summed E-state index contributed by atoms with van der Waals surface area (Å²) < 4.78 is 0. The molecule has 1 fully saturated rings. The van der Waals surface area contributed by atoms with Crippen LogP contribution in [0, 0.1) is 0 Å². The topological polar surface area (TPSA) is 83.6 Å². The van der Waals surface area contributed by atoms with Crippen molar-refractivity contribution in [1.82, 2.24) is 10.2 Å². The number of urea groups is 1. The SMILES string of the molecule is CC(=O)C1NC(=O)N(C[C]=O)C1=O. The Kier molecular flexibility index (Phi) is 2.41. The smallest absolute Gasteiger partial charge is 0.319 e. The van der Waals surface area contributed by atoms with E-state index in [0.29, 0.717) is 4.90 Å². The highest BCUT2D eigenvalue weighted by Gasteiger charge is 2.40. The molecule has 0 aromatic carbocycles. The van der Waals surface area contributed by atoms with Crippen molar-refractivity contribution in [2.45, 2.75) is 13.0 Å². The fraction of sp³-hybridized carbons (Fsp3) is 0.429. The van der Waals surface area contributed by atoms with Crippen molar-refractivity contribution in [2.75, 3.05) is 6.54 Å². The number of hydrogen-bond donors (Lipinski definition) is 1. The molecule has 1 saturated heterocycles. The Bertz CT molecular complexity index is 286. The van der Waals surface area contributed by atoms with Crippen molar-refractivity contribution in [3.63, 3.8) is 0 Å². The van der Waals surface area contributed by atoms with Gasteiger partial charge in [0.15, 0.2) is 11.8 Å². The molecule has 1 aliphatic rings. The third-order valence-corrected chi connectivity index (χ3v) is 1.66. The molecule has 1 radical (unpaired) electrons. The molecule has 6 nitrogen and oxygen atoms in total. The zero-order chi connectivity index (χ0) is 10.0. The van der Waals surface area contributed by atoms with Gasteiger partial charge in [-0.05, 0) is 6.92 Å². The Morgan fingerprint density at radius 1 is 1.62 bits per heavy atom. The number of Topliss-reactive ketones (excluding diaryl/α,β-unsaturated/α-hetero) is 1. The Labute approximate surface area is 73.9 Å². The summed E-state index contributed by atoms with van der Waals surface area (Å²) in [5.74, 6) is -1.15. The number of carbonyl (C=O) groups is 3. The maximum atomic E-state index is 11.2. The minimum absolute atomic E-state index is 0.436. The quantitative estimate of drug-likeness (QED) is 0.431. The molecule has 13 heavy (non-hydrogen) atoms. The molecule has 1 aliphatic heterocycles. The van der Waals surface area contributed by atoms with Gasteiger partial charge in [-0.15, -0.1) is 0 Å². The zero-order valence-corrected chi connectivity index (χ0v) is 6.86. The van der Waals surface area contributed by atoms with Crippen molar-refractivity contribution in [3.8, 4) is 0 Å². The lowest BCUT2D eigenvalue weighted by atomic mass is 10.2. The van der Waals surface area contributed by atoms with Crippen LogP contribution in [0.25, 0.3) is 0 Å². The van der Waals surface area contributed by atoms with E-state index in [4.69, 9.17) is 0 Å². The molecule has 0 bridgehead atoms. The van der Waals surface area contributed by atoms with E-state index < -0.39 is 30.3 Å². The van der Waals surface area contributed by atoms with Gasteiger partial charge in [0.2, 0.25) is 6.29 Å². The summed E-state index contributed by atoms with van der Waals surface area (Å²) in [5, 5.41) is 2.15. The lowest BCUT2D eigenvalue weighted by Gasteiger charge is -2.06. The first-order valence-electron chi connectivity index (χ1n) is 3.55. The number of amides is 3. The highest BCUT2D eigenvalue weighted by molar-refractivity contribution is 6.16. The van der Waals surface area contributed by atoms with Gasteiger partial charge in [0.25, 0.3) is 5.91 Å². The maximum absolute atomic E-state index is 11.2. The van der Waals surface area contributed by atoms with Gasteiger partial charge < -0.3 is 5.32 Å². The summed E-state index contributed by atoms with van der Waals surface area (Å²) in [4.78, 5) is 43.5. The summed E-state index contributed by atoms with van der Waals surface area (Å²) in [5.41, 5.74) is 0.